The molecule has 0 bridgehead atoms. The molecule has 0 unspecified atom stereocenters. The molecule has 0 radical (unpaired) electrons. The van der Waals surface area contributed by atoms with Gasteiger partial charge in [0, 0.05) is 25.1 Å². The molecule has 1 aromatic carbocycles. The van der Waals surface area contributed by atoms with E-state index in [0.29, 0.717) is 12.8 Å². The fraction of sp³-hybridized carbons (Fsp3) is 0.529. The van der Waals surface area contributed by atoms with Gasteiger partial charge in [-0.1, -0.05) is 18.9 Å². The normalized spacial score (nSPS) is 13.3. The summed E-state index contributed by atoms with van der Waals surface area (Å²) in [4.78, 5) is 22.8. The largest absolute Gasteiger partial charge is 0.326 e. The van der Waals surface area contributed by atoms with Crippen LogP contribution in [0.2, 0.25) is 0 Å². The number of carbonyl (C=O) groups excluding carboxylic acids is 2. The molecule has 0 saturated carbocycles. The predicted octanol–water partition coefficient (Wildman–Crippen LogP) is 2.12. The van der Waals surface area contributed by atoms with E-state index in [2.05, 4.69) is 22.8 Å². The topological polar surface area (TPSA) is 90.5 Å². The van der Waals surface area contributed by atoms with Crippen molar-refractivity contribution in [1.82, 2.24) is 10.8 Å². The molecular weight excluding hydrogens is 294 g/mol. The molecule has 4 N–H and O–H groups in total. The average molecular weight is 319 g/mol. The van der Waals surface area contributed by atoms with E-state index < -0.39 is 0 Å². The number of nitrogens with one attached hydrogen (secondary N) is 3. The first-order valence-electron chi connectivity index (χ1n) is 8.24. The van der Waals surface area contributed by atoms with Gasteiger partial charge >= 0.3 is 0 Å². The molecule has 0 fully saturated rings. The minimum absolute atomic E-state index is 0.0342. The van der Waals surface area contributed by atoms with Crippen LogP contribution in [0.5, 0.6) is 0 Å². The van der Waals surface area contributed by atoms with Crippen molar-refractivity contribution in [2.45, 2.75) is 51.5 Å². The predicted molar refractivity (Wildman–Crippen MR) is 88.1 cm³/mol. The smallest absolute Gasteiger partial charge is 0.243 e. The third-order valence-corrected chi connectivity index (χ3v) is 4.06. The van der Waals surface area contributed by atoms with Gasteiger partial charge in [-0.25, -0.2) is 5.48 Å². The minimum atomic E-state index is -0.356. The van der Waals surface area contributed by atoms with Gasteiger partial charge in [-0.3, -0.25) is 14.8 Å². The van der Waals surface area contributed by atoms with Crippen molar-refractivity contribution >= 4 is 17.5 Å². The van der Waals surface area contributed by atoms with Crippen LogP contribution in [0.3, 0.4) is 0 Å². The summed E-state index contributed by atoms with van der Waals surface area (Å²) in [5, 5.41) is 14.7. The standard InChI is InChI=1S/C17H25N3O3/c21-16(5-3-1-2-4-6-17(22)20-23)19-15-8-7-14-12-18-10-9-13(14)11-15/h7-8,11,18,23H,1-6,9-10,12H2,(H,19,21)(H,20,22). The number of benzene rings is 1. The van der Waals surface area contributed by atoms with Crippen LogP contribution >= 0.6 is 0 Å². The molecule has 2 rings (SSSR count). The summed E-state index contributed by atoms with van der Waals surface area (Å²) in [6, 6.07) is 6.10. The van der Waals surface area contributed by atoms with Crippen molar-refractivity contribution in [3.63, 3.8) is 0 Å². The second kappa shape index (κ2) is 9.27. The number of fused-ring (bicyclic) bond motifs is 1. The Kier molecular flexibility index (Phi) is 7.03. The highest BCUT2D eigenvalue weighted by atomic mass is 16.5. The van der Waals surface area contributed by atoms with E-state index in [9.17, 15) is 9.59 Å². The highest BCUT2D eigenvalue weighted by molar-refractivity contribution is 5.90. The number of anilines is 1. The zero-order valence-electron chi connectivity index (χ0n) is 13.4. The summed E-state index contributed by atoms with van der Waals surface area (Å²) < 4.78 is 0. The van der Waals surface area contributed by atoms with Crippen molar-refractivity contribution in [2.75, 3.05) is 11.9 Å². The third-order valence-electron chi connectivity index (χ3n) is 4.06. The first-order valence-corrected chi connectivity index (χ1v) is 8.24. The van der Waals surface area contributed by atoms with Crippen LogP contribution in [0.1, 0.15) is 49.7 Å². The summed E-state index contributed by atoms with van der Waals surface area (Å²) in [5.74, 6) is -0.322. The van der Waals surface area contributed by atoms with Crippen LogP contribution in [-0.4, -0.2) is 23.6 Å². The number of unbranched alkanes of at least 4 members (excludes halogenated alkanes) is 3. The van der Waals surface area contributed by atoms with Gasteiger partial charge in [0.25, 0.3) is 0 Å². The van der Waals surface area contributed by atoms with E-state index >= 15 is 0 Å². The number of hydrogen-bond donors (Lipinski definition) is 4. The zero-order valence-corrected chi connectivity index (χ0v) is 13.4. The summed E-state index contributed by atoms with van der Waals surface area (Å²) in [6.07, 6.45) is 5.14. The molecule has 1 aromatic rings. The van der Waals surface area contributed by atoms with Crippen molar-refractivity contribution in [2.24, 2.45) is 0 Å². The van der Waals surface area contributed by atoms with E-state index in [4.69, 9.17) is 5.21 Å². The Labute approximate surface area is 136 Å². The highest BCUT2D eigenvalue weighted by Gasteiger charge is 2.10. The van der Waals surface area contributed by atoms with Gasteiger partial charge < -0.3 is 10.6 Å². The third kappa shape index (κ3) is 6.00. The first kappa shape index (κ1) is 17.4. The number of carbonyl (C=O) groups is 2. The van der Waals surface area contributed by atoms with Crippen molar-refractivity contribution in [3.8, 4) is 0 Å². The van der Waals surface area contributed by atoms with Gasteiger partial charge in [0.1, 0.15) is 0 Å². The molecule has 0 spiro atoms. The zero-order chi connectivity index (χ0) is 16.5. The maximum atomic E-state index is 11.9. The fourth-order valence-corrected chi connectivity index (χ4v) is 2.76. The molecule has 1 aliphatic rings. The number of rotatable bonds is 8. The lowest BCUT2D eigenvalue weighted by Gasteiger charge is -2.18. The molecule has 0 saturated heterocycles. The Balaban J connectivity index is 1.64. The Morgan fingerprint density at radius 2 is 1.78 bits per heavy atom. The molecule has 6 heteroatoms. The highest BCUT2D eigenvalue weighted by Crippen LogP contribution is 2.19. The Bertz CT molecular complexity index is 546. The van der Waals surface area contributed by atoms with Crippen LogP contribution in [0.25, 0.3) is 0 Å². The molecule has 0 aromatic heterocycles. The van der Waals surface area contributed by atoms with Gasteiger partial charge in [-0.2, -0.15) is 0 Å². The molecule has 0 aliphatic carbocycles. The quantitative estimate of drug-likeness (QED) is 0.336. The summed E-state index contributed by atoms with van der Waals surface area (Å²) in [7, 11) is 0. The fourth-order valence-electron chi connectivity index (χ4n) is 2.76. The molecule has 1 aliphatic heterocycles. The van der Waals surface area contributed by atoms with Gasteiger partial charge in [-0.05, 0) is 49.1 Å². The van der Waals surface area contributed by atoms with Gasteiger partial charge in [0.2, 0.25) is 11.8 Å². The maximum Gasteiger partial charge on any atom is 0.243 e. The molecular formula is C17H25N3O3. The molecule has 23 heavy (non-hydrogen) atoms. The Hall–Kier alpha value is -1.92. The van der Waals surface area contributed by atoms with Crippen LogP contribution in [0.15, 0.2) is 18.2 Å². The second-order valence-electron chi connectivity index (χ2n) is 5.91. The number of hydroxylamine groups is 1. The summed E-state index contributed by atoms with van der Waals surface area (Å²) >= 11 is 0. The van der Waals surface area contributed by atoms with Crippen molar-refractivity contribution in [3.05, 3.63) is 29.3 Å². The Morgan fingerprint density at radius 3 is 2.52 bits per heavy atom. The molecule has 126 valence electrons. The van der Waals surface area contributed by atoms with E-state index in [1.165, 1.54) is 11.1 Å². The minimum Gasteiger partial charge on any atom is -0.326 e. The van der Waals surface area contributed by atoms with Gasteiger partial charge in [-0.15, -0.1) is 0 Å². The summed E-state index contributed by atoms with van der Waals surface area (Å²) in [6.45, 7) is 1.89. The lowest BCUT2D eigenvalue weighted by atomic mass is 10.0. The van der Waals surface area contributed by atoms with Gasteiger partial charge in [0.15, 0.2) is 0 Å². The second-order valence-corrected chi connectivity index (χ2v) is 5.91. The lowest BCUT2D eigenvalue weighted by molar-refractivity contribution is -0.129. The van der Waals surface area contributed by atoms with E-state index in [1.807, 2.05) is 6.07 Å². The SMILES string of the molecule is O=C(CCCCCCC(=O)Nc1ccc2c(c1)CCNC2)NO. The van der Waals surface area contributed by atoms with Crippen LogP contribution in [0.4, 0.5) is 5.69 Å². The molecule has 0 atom stereocenters. The van der Waals surface area contributed by atoms with Gasteiger partial charge in [0.05, 0.1) is 0 Å². The molecule has 2 amide bonds. The monoisotopic (exact) mass is 319 g/mol. The van der Waals surface area contributed by atoms with Crippen molar-refractivity contribution in [1.29, 1.82) is 0 Å². The number of hydrogen-bond acceptors (Lipinski definition) is 4. The lowest BCUT2D eigenvalue weighted by Crippen LogP contribution is -2.23. The van der Waals surface area contributed by atoms with Crippen LogP contribution in [-0.2, 0) is 22.6 Å². The van der Waals surface area contributed by atoms with E-state index in [1.54, 1.807) is 5.48 Å². The number of amides is 2. The Morgan fingerprint density at radius 1 is 1.04 bits per heavy atom. The molecule has 6 nitrogen and oxygen atoms in total. The molecule has 1 heterocycles. The van der Waals surface area contributed by atoms with Crippen LogP contribution < -0.4 is 16.1 Å². The first-order chi connectivity index (χ1) is 11.2. The van der Waals surface area contributed by atoms with Crippen molar-refractivity contribution < 1.29 is 14.8 Å². The van der Waals surface area contributed by atoms with E-state index in [-0.39, 0.29) is 11.8 Å². The maximum absolute atomic E-state index is 11.9. The van der Waals surface area contributed by atoms with E-state index in [0.717, 1.165) is 50.9 Å². The average Bonchev–Trinajstić information content (AvgIpc) is 2.57. The van der Waals surface area contributed by atoms with Crippen LogP contribution in [0, 0.1) is 0 Å². The summed E-state index contributed by atoms with van der Waals surface area (Å²) in [5.41, 5.74) is 5.10.